The van der Waals surface area contributed by atoms with E-state index in [2.05, 4.69) is 47.7 Å². The van der Waals surface area contributed by atoms with Crippen LogP contribution < -0.4 is 0 Å². The van der Waals surface area contributed by atoms with Crippen molar-refractivity contribution < 1.29 is 25.6 Å². The van der Waals surface area contributed by atoms with E-state index in [-0.39, 0.29) is 0 Å². The number of allylic oxidation sites excluding steroid dienone is 5. The van der Waals surface area contributed by atoms with Crippen molar-refractivity contribution in [3.8, 4) is 0 Å². The van der Waals surface area contributed by atoms with Crippen molar-refractivity contribution in [3.05, 3.63) is 28.8 Å². The van der Waals surface area contributed by atoms with E-state index in [0.29, 0.717) is 6.42 Å². The topological polar surface area (TPSA) is 34.1 Å². The predicted molar refractivity (Wildman–Crippen MR) is 84.5 cm³/mol. The minimum absolute atomic E-state index is 0.687. The summed E-state index contributed by atoms with van der Waals surface area (Å²) in [5.74, 6) is 1.76. The number of hydrogen-bond acceptors (Lipinski definition) is 2. The van der Waals surface area contributed by atoms with Gasteiger partial charge in [-0.3, -0.25) is 0 Å². The van der Waals surface area contributed by atoms with Gasteiger partial charge < -0.3 is 0 Å². The SMILES string of the molecule is CCCP(=C=O)(CCC)CCC=C=O.[Mn][C]1=CC=CC1. The van der Waals surface area contributed by atoms with E-state index in [1.807, 2.05) is 6.08 Å². The minimum atomic E-state index is -1.52. The molecule has 0 fully saturated rings. The van der Waals surface area contributed by atoms with Crippen LogP contribution in [-0.2, 0) is 25.6 Å². The van der Waals surface area contributed by atoms with Crippen molar-refractivity contribution in [3.63, 3.8) is 0 Å². The van der Waals surface area contributed by atoms with Gasteiger partial charge in [0.25, 0.3) is 0 Å². The van der Waals surface area contributed by atoms with E-state index in [0.717, 1.165) is 37.7 Å². The van der Waals surface area contributed by atoms with Crippen molar-refractivity contribution in [1.82, 2.24) is 0 Å². The Hall–Kier alpha value is -0.541. The Bertz CT molecular complexity index is 443. The summed E-state index contributed by atoms with van der Waals surface area (Å²) in [6.07, 6.45) is 14.3. The third kappa shape index (κ3) is 8.59. The van der Waals surface area contributed by atoms with Gasteiger partial charge in [0.05, 0.1) is 0 Å². The Morgan fingerprint density at radius 2 is 1.90 bits per heavy atom. The van der Waals surface area contributed by atoms with E-state index in [4.69, 9.17) is 0 Å². The van der Waals surface area contributed by atoms with Crippen molar-refractivity contribution in [1.29, 1.82) is 0 Å². The molecule has 2 nitrogen and oxygen atoms in total. The standard InChI is InChI=1S/C11H19O2P.C5H5.Mn/c1-3-8-14(11-13,9-4-2)10-6-5-7-12;1-2-4-5-3-1;/h5H,3-4,6,8-10H2,1-2H3;1-3H,4H2;. The first-order valence-electron chi connectivity index (χ1n) is 7.10. The summed E-state index contributed by atoms with van der Waals surface area (Å²) in [5.41, 5.74) is 2.29. The van der Waals surface area contributed by atoms with Gasteiger partial charge in [-0.15, -0.1) is 0 Å². The molecule has 0 heterocycles. The molecule has 0 atom stereocenters. The first kappa shape index (κ1) is 19.5. The quantitative estimate of drug-likeness (QED) is 0.400. The van der Waals surface area contributed by atoms with Crippen LogP contribution in [0.15, 0.2) is 28.8 Å². The van der Waals surface area contributed by atoms with Crippen molar-refractivity contribution in [2.45, 2.75) is 39.5 Å². The molecule has 0 saturated heterocycles. The summed E-state index contributed by atoms with van der Waals surface area (Å²) in [5, 5.41) is 0. The molecule has 112 valence electrons. The molecule has 0 aromatic heterocycles. The zero-order chi connectivity index (χ0) is 15.3. The van der Waals surface area contributed by atoms with Crippen LogP contribution in [-0.4, -0.2) is 30.1 Å². The molecule has 0 unspecified atom stereocenters. The van der Waals surface area contributed by atoms with Crippen LogP contribution in [0.4, 0.5) is 0 Å². The zero-order valence-corrected chi connectivity index (χ0v) is 14.5. The van der Waals surface area contributed by atoms with Crippen molar-refractivity contribution in [2.75, 3.05) is 18.5 Å². The molecule has 0 amide bonds. The van der Waals surface area contributed by atoms with Gasteiger partial charge in [0.15, 0.2) is 0 Å². The molecule has 1 rings (SSSR count). The van der Waals surface area contributed by atoms with Gasteiger partial charge in [0.1, 0.15) is 11.6 Å². The van der Waals surface area contributed by atoms with Crippen LogP contribution in [0.5, 0.6) is 0 Å². The molecule has 0 N–H and O–H groups in total. The van der Waals surface area contributed by atoms with Crippen molar-refractivity contribution >= 4 is 18.5 Å². The van der Waals surface area contributed by atoms with Crippen LogP contribution in [0.2, 0.25) is 0 Å². The maximum absolute atomic E-state index is 11.0. The normalized spacial score (nSPS) is 12.8. The summed E-state index contributed by atoms with van der Waals surface area (Å²) < 4.78 is 1.28. The first-order valence-corrected chi connectivity index (χ1v) is 10.0. The van der Waals surface area contributed by atoms with Crippen molar-refractivity contribution in [2.24, 2.45) is 0 Å². The summed E-state index contributed by atoms with van der Waals surface area (Å²) >= 11 is 3.34. The van der Waals surface area contributed by atoms with Crippen LogP contribution in [0.3, 0.4) is 0 Å². The average molecular weight is 334 g/mol. The fraction of sp³-hybridized carbons (Fsp3) is 0.562. The molecule has 0 saturated carbocycles. The molecule has 0 aromatic rings. The summed E-state index contributed by atoms with van der Waals surface area (Å²) in [6, 6.07) is 0. The van der Waals surface area contributed by atoms with E-state index in [1.54, 1.807) is 5.94 Å². The number of hydrogen-bond donors (Lipinski definition) is 0. The van der Waals surface area contributed by atoms with Gasteiger partial charge in [0, 0.05) is 6.08 Å². The number of carbonyl (C=O) groups excluding carboxylic acids is 2. The fourth-order valence-electron chi connectivity index (χ4n) is 2.12. The van der Waals surface area contributed by atoms with Gasteiger partial charge in [-0.25, -0.2) is 9.59 Å². The van der Waals surface area contributed by atoms with Gasteiger partial charge in [-0.1, -0.05) is 26.7 Å². The zero-order valence-electron chi connectivity index (χ0n) is 12.4. The Kier molecular flexibility index (Phi) is 11.9. The van der Waals surface area contributed by atoms with Crippen LogP contribution in [0.1, 0.15) is 39.5 Å². The van der Waals surface area contributed by atoms with Crippen LogP contribution in [0.25, 0.3) is 0 Å². The molecule has 1 aliphatic rings. The molecule has 0 radical (unpaired) electrons. The first-order chi connectivity index (χ1) is 9.64. The molecule has 0 aliphatic heterocycles. The van der Waals surface area contributed by atoms with E-state index in [9.17, 15) is 9.59 Å². The molecule has 1 aliphatic carbocycles. The monoisotopic (exact) mass is 334 g/mol. The fourth-order valence-corrected chi connectivity index (χ4v) is 5.65. The summed E-state index contributed by atoms with van der Waals surface area (Å²) in [4.78, 5) is 21.0. The second-order valence-corrected chi connectivity index (χ2v) is 9.34. The van der Waals surface area contributed by atoms with Gasteiger partial charge in [0.2, 0.25) is 0 Å². The van der Waals surface area contributed by atoms with Crippen LogP contribution in [0, 0.1) is 0 Å². The molecular weight excluding hydrogens is 310 g/mol. The van der Waals surface area contributed by atoms with Crippen LogP contribution >= 0.6 is 6.89 Å². The molecular formula is C16H24MnO2P. The third-order valence-electron chi connectivity index (χ3n) is 3.01. The van der Waals surface area contributed by atoms with Gasteiger partial charge in [-0.2, -0.15) is 0 Å². The second kappa shape index (κ2) is 12.2. The van der Waals surface area contributed by atoms with E-state index >= 15 is 0 Å². The maximum atomic E-state index is 11.0. The second-order valence-electron chi connectivity index (χ2n) is 4.76. The molecule has 0 spiro atoms. The third-order valence-corrected chi connectivity index (χ3v) is 7.55. The number of rotatable bonds is 7. The Morgan fingerprint density at radius 1 is 1.25 bits per heavy atom. The van der Waals surface area contributed by atoms with Gasteiger partial charge >= 0.3 is 45.1 Å². The molecule has 0 aromatic carbocycles. The Balaban J connectivity index is 0.000000493. The Labute approximate surface area is 131 Å². The van der Waals surface area contributed by atoms with E-state index < -0.39 is 6.89 Å². The Morgan fingerprint density at radius 3 is 2.20 bits per heavy atom. The molecule has 20 heavy (non-hydrogen) atoms. The van der Waals surface area contributed by atoms with E-state index in [1.165, 1.54) is 10.5 Å². The molecule has 0 bridgehead atoms. The summed E-state index contributed by atoms with van der Waals surface area (Å²) in [6.45, 7) is 2.67. The average Bonchev–Trinajstić information content (AvgIpc) is 2.91. The van der Waals surface area contributed by atoms with Gasteiger partial charge in [-0.05, 0) is 31.8 Å². The predicted octanol–water partition coefficient (Wildman–Crippen LogP) is 4.05. The molecule has 4 heteroatoms. The summed E-state index contributed by atoms with van der Waals surface area (Å²) in [7, 11) is 0.